The third-order valence-corrected chi connectivity index (χ3v) is 4.05. The maximum atomic E-state index is 12.0. The molecule has 4 heteroatoms. The quantitative estimate of drug-likeness (QED) is 0.770. The maximum absolute atomic E-state index is 12.0. The topological polar surface area (TPSA) is 58.4 Å². The average Bonchev–Trinajstić information content (AvgIpc) is 2.31. The van der Waals surface area contributed by atoms with Crippen molar-refractivity contribution < 1.29 is 4.79 Å². The van der Waals surface area contributed by atoms with E-state index >= 15 is 0 Å². The normalized spacial score (nSPS) is 24.5. The molecule has 112 valence electrons. The second kappa shape index (κ2) is 7.25. The van der Waals surface area contributed by atoms with Gasteiger partial charge in [-0.05, 0) is 50.6 Å². The third-order valence-electron chi connectivity index (χ3n) is 4.05. The molecule has 1 aliphatic carbocycles. The first-order valence-corrected chi connectivity index (χ1v) is 7.50. The van der Waals surface area contributed by atoms with Gasteiger partial charge in [-0.1, -0.05) is 20.8 Å². The first kappa shape index (κ1) is 16.4. The fourth-order valence-electron chi connectivity index (χ4n) is 2.77. The van der Waals surface area contributed by atoms with Crippen LogP contribution >= 0.6 is 0 Å². The summed E-state index contributed by atoms with van der Waals surface area (Å²) in [5.41, 5.74) is 5.79. The summed E-state index contributed by atoms with van der Waals surface area (Å²) in [5, 5.41) is 3.16. The lowest BCUT2D eigenvalue weighted by Gasteiger charge is -2.30. The van der Waals surface area contributed by atoms with Crippen LogP contribution in [-0.4, -0.2) is 43.5 Å². The largest absolute Gasteiger partial charge is 0.352 e. The summed E-state index contributed by atoms with van der Waals surface area (Å²) >= 11 is 0. The summed E-state index contributed by atoms with van der Waals surface area (Å²) in [6.07, 6.45) is 4.73. The smallest absolute Gasteiger partial charge is 0.234 e. The van der Waals surface area contributed by atoms with Crippen LogP contribution in [0.25, 0.3) is 0 Å². The van der Waals surface area contributed by atoms with Crippen molar-refractivity contribution >= 4 is 5.91 Å². The second-order valence-corrected chi connectivity index (χ2v) is 7.06. The molecule has 1 aliphatic rings. The molecule has 0 atom stereocenters. The summed E-state index contributed by atoms with van der Waals surface area (Å²) in [5.74, 6) is 0.969. The number of carbonyl (C=O) groups is 1. The van der Waals surface area contributed by atoms with Crippen molar-refractivity contribution in [2.45, 2.75) is 52.5 Å². The molecule has 19 heavy (non-hydrogen) atoms. The number of hydrogen-bond donors (Lipinski definition) is 2. The third kappa shape index (κ3) is 6.39. The van der Waals surface area contributed by atoms with Crippen LogP contribution in [0.5, 0.6) is 0 Å². The van der Waals surface area contributed by atoms with Crippen molar-refractivity contribution in [1.82, 2.24) is 10.2 Å². The van der Waals surface area contributed by atoms with E-state index in [9.17, 15) is 4.79 Å². The Kier molecular flexibility index (Phi) is 6.27. The van der Waals surface area contributed by atoms with Crippen molar-refractivity contribution in [3.05, 3.63) is 0 Å². The molecular weight excluding hydrogens is 238 g/mol. The minimum atomic E-state index is 0.0648. The number of carbonyl (C=O) groups excluding carboxylic acids is 1. The van der Waals surface area contributed by atoms with Gasteiger partial charge in [-0.25, -0.2) is 0 Å². The molecular formula is C15H31N3O. The minimum absolute atomic E-state index is 0.0648. The lowest BCUT2D eigenvalue weighted by molar-refractivity contribution is -0.123. The number of likely N-dealkylation sites (N-methyl/N-ethyl adjacent to an activating group) is 1. The number of hydrogen-bond acceptors (Lipinski definition) is 3. The van der Waals surface area contributed by atoms with Crippen LogP contribution in [0.2, 0.25) is 0 Å². The zero-order valence-electron chi connectivity index (χ0n) is 13.0. The van der Waals surface area contributed by atoms with Gasteiger partial charge in [0.15, 0.2) is 0 Å². The fourth-order valence-corrected chi connectivity index (χ4v) is 2.77. The molecule has 0 saturated heterocycles. The summed E-state index contributed by atoms with van der Waals surface area (Å²) in [6, 6.07) is 0.389. The van der Waals surface area contributed by atoms with Gasteiger partial charge in [-0.3, -0.25) is 9.69 Å². The summed E-state index contributed by atoms with van der Waals surface area (Å²) < 4.78 is 0. The highest BCUT2D eigenvalue weighted by atomic mass is 16.2. The molecule has 1 fully saturated rings. The Morgan fingerprint density at radius 1 is 1.32 bits per heavy atom. The van der Waals surface area contributed by atoms with Crippen LogP contribution in [0.15, 0.2) is 0 Å². The van der Waals surface area contributed by atoms with Crippen LogP contribution in [0, 0.1) is 11.3 Å². The Labute approximate surface area is 118 Å². The Bertz CT molecular complexity index is 283. The van der Waals surface area contributed by atoms with E-state index in [2.05, 4.69) is 31.0 Å². The molecule has 1 saturated carbocycles. The molecule has 0 spiro atoms. The van der Waals surface area contributed by atoms with E-state index < -0.39 is 0 Å². The van der Waals surface area contributed by atoms with Gasteiger partial charge in [-0.2, -0.15) is 0 Å². The van der Waals surface area contributed by atoms with Crippen LogP contribution in [0.3, 0.4) is 0 Å². The van der Waals surface area contributed by atoms with E-state index in [1.807, 2.05) is 7.05 Å². The Hall–Kier alpha value is -0.610. The molecule has 0 radical (unpaired) electrons. The van der Waals surface area contributed by atoms with Gasteiger partial charge in [0.2, 0.25) is 5.91 Å². The van der Waals surface area contributed by atoms with Crippen LogP contribution in [-0.2, 0) is 4.79 Å². The van der Waals surface area contributed by atoms with Crippen LogP contribution in [0.1, 0.15) is 46.5 Å². The number of amides is 1. The van der Waals surface area contributed by atoms with Crippen LogP contribution < -0.4 is 11.1 Å². The van der Waals surface area contributed by atoms with Gasteiger partial charge in [-0.15, -0.1) is 0 Å². The van der Waals surface area contributed by atoms with E-state index in [4.69, 9.17) is 5.73 Å². The molecule has 0 aliphatic heterocycles. The van der Waals surface area contributed by atoms with Crippen molar-refractivity contribution in [2.75, 3.05) is 26.7 Å². The average molecular weight is 269 g/mol. The van der Waals surface area contributed by atoms with Gasteiger partial charge >= 0.3 is 0 Å². The summed E-state index contributed by atoms with van der Waals surface area (Å²) in [7, 11) is 1.99. The standard InChI is InChI=1S/C15H31N3O/c1-12-5-7-13(8-6-12)17-14(19)9-18(4)11-15(2,3)10-16/h12-13H,5-11,16H2,1-4H3,(H,17,19). The summed E-state index contributed by atoms with van der Waals surface area (Å²) in [6.45, 7) is 8.50. The molecule has 0 aromatic heterocycles. The molecule has 0 heterocycles. The summed E-state index contributed by atoms with van der Waals surface area (Å²) in [4.78, 5) is 14.1. The van der Waals surface area contributed by atoms with E-state index in [0.29, 0.717) is 19.1 Å². The lowest BCUT2D eigenvalue weighted by atomic mass is 9.87. The number of nitrogens with two attached hydrogens (primary N) is 1. The van der Waals surface area contributed by atoms with E-state index in [1.54, 1.807) is 0 Å². The van der Waals surface area contributed by atoms with Crippen molar-refractivity contribution in [3.63, 3.8) is 0 Å². The monoisotopic (exact) mass is 269 g/mol. The minimum Gasteiger partial charge on any atom is -0.352 e. The predicted octanol–water partition coefficient (Wildman–Crippen LogP) is 1.60. The molecule has 1 amide bonds. The number of nitrogens with zero attached hydrogens (tertiary/aromatic N) is 1. The van der Waals surface area contributed by atoms with Gasteiger partial charge in [0.25, 0.3) is 0 Å². The highest BCUT2D eigenvalue weighted by molar-refractivity contribution is 5.78. The van der Waals surface area contributed by atoms with Crippen molar-refractivity contribution in [2.24, 2.45) is 17.1 Å². The van der Waals surface area contributed by atoms with Crippen LogP contribution in [0.4, 0.5) is 0 Å². The molecule has 0 unspecified atom stereocenters. The first-order chi connectivity index (χ1) is 8.82. The molecule has 1 rings (SSSR count). The molecule has 3 N–H and O–H groups in total. The van der Waals surface area contributed by atoms with Gasteiger partial charge in [0.05, 0.1) is 6.54 Å². The maximum Gasteiger partial charge on any atom is 0.234 e. The molecule has 0 aromatic carbocycles. The fraction of sp³-hybridized carbons (Fsp3) is 0.933. The van der Waals surface area contributed by atoms with Gasteiger partial charge < -0.3 is 11.1 Å². The predicted molar refractivity (Wildman–Crippen MR) is 79.9 cm³/mol. The van der Waals surface area contributed by atoms with Gasteiger partial charge in [0, 0.05) is 12.6 Å². The van der Waals surface area contributed by atoms with Crippen molar-refractivity contribution in [1.29, 1.82) is 0 Å². The van der Waals surface area contributed by atoms with Crippen molar-refractivity contribution in [3.8, 4) is 0 Å². The SMILES string of the molecule is CC1CCC(NC(=O)CN(C)CC(C)(C)CN)CC1. The molecule has 0 bridgehead atoms. The van der Waals surface area contributed by atoms with E-state index in [1.165, 1.54) is 12.8 Å². The van der Waals surface area contributed by atoms with E-state index in [-0.39, 0.29) is 11.3 Å². The highest BCUT2D eigenvalue weighted by Gasteiger charge is 2.22. The number of nitrogens with one attached hydrogen (secondary N) is 1. The Balaban J connectivity index is 2.27. The first-order valence-electron chi connectivity index (χ1n) is 7.50. The number of rotatable bonds is 6. The second-order valence-electron chi connectivity index (χ2n) is 7.06. The lowest BCUT2D eigenvalue weighted by Crippen LogP contribution is -2.45. The Morgan fingerprint density at radius 3 is 2.42 bits per heavy atom. The molecule has 4 nitrogen and oxygen atoms in total. The molecule has 0 aromatic rings. The zero-order valence-corrected chi connectivity index (χ0v) is 13.0. The highest BCUT2D eigenvalue weighted by Crippen LogP contribution is 2.23. The van der Waals surface area contributed by atoms with Gasteiger partial charge in [0.1, 0.15) is 0 Å². The van der Waals surface area contributed by atoms with E-state index in [0.717, 1.165) is 25.3 Å². The Morgan fingerprint density at radius 2 is 1.89 bits per heavy atom. The zero-order chi connectivity index (χ0) is 14.5.